The number of hydrogen-bond donors (Lipinski definition) is 3. The van der Waals surface area contributed by atoms with Crippen molar-refractivity contribution in [2.45, 2.75) is 45.1 Å². The summed E-state index contributed by atoms with van der Waals surface area (Å²) in [4.78, 5) is 11.8. The molecule has 3 N–H and O–H groups in total. The quantitative estimate of drug-likeness (QED) is 0.620. The lowest BCUT2D eigenvalue weighted by Crippen LogP contribution is -2.31. The second-order valence-corrected chi connectivity index (χ2v) is 7.91. The number of rotatable bonds is 5. The predicted molar refractivity (Wildman–Crippen MR) is 106 cm³/mol. The van der Waals surface area contributed by atoms with E-state index in [4.69, 9.17) is 4.74 Å². The SMILES string of the molecule is CC(C)(C)OC(=O)Nc1ccc(NCC(C)(O)c2cccc(C(F)(F)F)c2)cc1. The van der Waals surface area contributed by atoms with Crippen LogP contribution >= 0.6 is 0 Å². The average molecular weight is 410 g/mol. The Morgan fingerprint density at radius 3 is 2.07 bits per heavy atom. The minimum atomic E-state index is -4.48. The van der Waals surface area contributed by atoms with E-state index in [1.54, 1.807) is 45.0 Å². The number of aliphatic hydroxyl groups is 1. The highest BCUT2D eigenvalue weighted by Gasteiger charge is 2.32. The molecule has 8 heteroatoms. The van der Waals surface area contributed by atoms with Crippen LogP contribution in [0.1, 0.15) is 38.8 Å². The number of hydrogen-bond acceptors (Lipinski definition) is 4. The van der Waals surface area contributed by atoms with Gasteiger partial charge in [-0.25, -0.2) is 4.79 Å². The van der Waals surface area contributed by atoms with Gasteiger partial charge in [0, 0.05) is 17.9 Å². The van der Waals surface area contributed by atoms with Gasteiger partial charge in [-0.05, 0) is 69.7 Å². The molecule has 0 spiro atoms. The molecule has 2 aromatic rings. The summed E-state index contributed by atoms with van der Waals surface area (Å²) in [6.45, 7) is 6.71. The van der Waals surface area contributed by atoms with Crippen molar-refractivity contribution < 1.29 is 27.8 Å². The summed E-state index contributed by atoms with van der Waals surface area (Å²) in [6, 6.07) is 11.3. The topological polar surface area (TPSA) is 70.6 Å². The Morgan fingerprint density at radius 2 is 1.52 bits per heavy atom. The lowest BCUT2D eigenvalue weighted by atomic mass is 9.94. The smallest absolute Gasteiger partial charge is 0.416 e. The van der Waals surface area contributed by atoms with Crippen LogP contribution in [0.5, 0.6) is 0 Å². The van der Waals surface area contributed by atoms with Crippen molar-refractivity contribution in [3.63, 3.8) is 0 Å². The van der Waals surface area contributed by atoms with Crippen LogP contribution < -0.4 is 10.6 Å². The highest BCUT2D eigenvalue weighted by atomic mass is 19.4. The Balaban J connectivity index is 1.99. The third kappa shape index (κ3) is 6.98. The first-order valence-electron chi connectivity index (χ1n) is 9.00. The molecular weight excluding hydrogens is 385 g/mol. The van der Waals surface area contributed by atoms with E-state index in [1.807, 2.05) is 0 Å². The molecule has 0 aliphatic rings. The number of amides is 1. The zero-order valence-electron chi connectivity index (χ0n) is 16.7. The highest BCUT2D eigenvalue weighted by Crippen LogP contribution is 2.32. The van der Waals surface area contributed by atoms with E-state index in [2.05, 4.69) is 10.6 Å². The molecule has 2 aromatic carbocycles. The van der Waals surface area contributed by atoms with Crippen LogP contribution in [0.4, 0.5) is 29.3 Å². The molecule has 0 radical (unpaired) electrons. The van der Waals surface area contributed by atoms with Crippen LogP contribution in [-0.2, 0) is 16.5 Å². The van der Waals surface area contributed by atoms with Gasteiger partial charge in [0.15, 0.2) is 0 Å². The number of alkyl halides is 3. The van der Waals surface area contributed by atoms with Gasteiger partial charge in [-0.15, -0.1) is 0 Å². The first-order chi connectivity index (χ1) is 13.3. The molecule has 0 heterocycles. The maximum absolute atomic E-state index is 12.9. The van der Waals surface area contributed by atoms with E-state index < -0.39 is 29.0 Å². The molecule has 2 rings (SSSR count). The van der Waals surface area contributed by atoms with Crippen molar-refractivity contribution >= 4 is 17.5 Å². The fourth-order valence-corrected chi connectivity index (χ4v) is 2.50. The predicted octanol–water partition coefficient (Wildman–Crippen LogP) is 5.37. The molecule has 0 saturated heterocycles. The number of carbonyl (C=O) groups excluding carboxylic acids is 1. The minimum Gasteiger partial charge on any atom is -0.444 e. The molecule has 0 bridgehead atoms. The van der Waals surface area contributed by atoms with Gasteiger partial charge < -0.3 is 15.2 Å². The molecule has 29 heavy (non-hydrogen) atoms. The van der Waals surface area contributed by atoms with Crippen molar-refractivity contribution in [1.82, 2.24) is 0 Å². The van der Waals surface area contributed by atoms with Gasteiger partial charge >= 0.3 is 12.3 Å². The van der Waals surface area contributed by atoms with Crippen LogP contribution in [0, 0.1) is 0 Å². The van der Waals surface area contributed by atoms with E-state index >= 15 is 0 Å². The van der Waals surface area contributed by atoms with Crippen LogP contribution in [-0.4, -0.2) is 23.3 Å². The van der Waals surface area contributed by atoms with Gasteiger partial charge in [0.05, 0.1) is 5.56 Å². The zero-order chi connectivity index (χ0) is 21.9. The Morgan fingerprint density at radius 1 is 0.966 bits per heavy atom. The number of anilines is 2. The summed E-state index contributed by atoms with van der Waals surface area (Å²) in [6.07, 6.45) is -5.05. The summed E-state index contributed by atoms with van der Waals surface area (Å²) >= 11 is 0. The lowest BCUT2D eigenvalue weighted by Gasteiger charge is -2.25. The standard InChI is InChI=1S/C21H25F3N2O3/c1-19(2,3)29-18(27)26-17-10-8-16(9-11-17)25-13-20(4,28)14-6-5-7-15(12-14)21(22,23)24/h5-12,25,28H,13H2,1-4H3,(H,26,27). The Kier molecular flexibility index (Phi) is 6.47. The fraction of sp³-hybridized carbons (Fsp3) is 0.381. The molecule has 0 fully saturated rings. The molecule has 5 nitrogen and oxygen atoms in total. The second-order valence-electron chi connectivity index (χ2n) is 7.91. The maximum atomic E-state index is 12.9. The van der Waals surface area contributed by atoms with Gasteiger partial charge in [0.1, 0.15) is 11.2 Å². The van der Waals surface area contributed by atoms with Crippen LogP contribution in [0.3, 0.4) is 0 Å². The molecule has 158 valence electrons. The number of benzene rings is 2. The third-order valence-corrected chi connectivity index (χ3v) is 3.98. The van der Waals surface area contributed by atoms with E-state index in [0.717, 1.165) is 12.1 Å². The van der Waals surface area contributed by atoms with Gasteiger partial charge in [0.2, 0.25) is 0 Å². The lowest BCUT2D eigenvalue weighted by molar-refractivity contribution is -0.137. The number of carbonyl (C=O) groups is 1. The van der Waals surface area contributed by atoms with E-state index in [1.165, 1.54) is 19.1 Å². The van der Waals surface area contributed by atoms with Gasteiger partial charge in [-0.1, -0.05) is 12.1 Å². The van der Waals surface area contributed by atoms with E-state index in [9.17, 15) is 23.1 Å². The van der Waals surface area contributed by atoms with Gasteiger partial charge in [-0.3, -0.25) is 5.32 Å². The van der Waals surface area contributed by atoms with Crippen LogP contribution in [0.25, 0.3) is 0 Å². The summed E-state index contributed by atoms with van der Waals surface area (Å²) in [5.41, 5.74) is -1.63. The number of ether oxygens (including phenoxy) is 1. The third-order valence-electron chi connectivity index (χ3n) is 3.98. The van der Waals surface area contributed by atoms with Crippen molar-refractivity contribution in [3.05, 3.63) is 59.7 Å². The molecule has 1 unspecified atom stereocenters. The first kappa shape index (κ1) is 22.5. The normalized spacial score (nSPS) is 14.1. The summed E-state index contributed by atoms with van der Waals surface area (Å²) in [5.74, 6) is 0. The summed E-state index contributed by atoms with van der Waals surface area (Å²) < 4.78 is 43.8. The molecule has 0 aromatic heterocycles. The molecule has 0 aliphatic heterocycles. The summed E-state index contributed by atoms with van der Waals surface area (Å²) in [5, 5.41) is 16.2. The Hall–Kier alpha value is -2.74. The Bertz CT molecular complexity index is 841. The second kappa shape index (κ2) is 8.32. The monoisotopic (exact) mass is 410 g/mol. The molecular formula is C21H25F3N2O3. The maximum Gasteiger partial charge on any atom is 0.416 e. The minimum absolute atomic E-state index is 0.00679. The molecule has 1 amide bonds. The average Bonchev–Trinajstić information content (AvgIpc) is 2.59. The zero-order valence-corrected chi connectivity index (χ0v) is 16.7. The van der Waals surface area contributed by atoms with E-state index in [-0.39, 0.29) is 12.1 Å². The van der Waals surface area contributed by atoms with Gasteiger partial charge in [-0.2, -0.15) is 13.2 Å². The molecule has 0 saturated carbocycles. The summed E-state index contributed by atoms with van der Waals surface area (Å²) in [7, 11) is 0. The van der Waals surface area contributed by atoms with Crippen LogP contribution in [0.15, 0.2) is 48.5 Å². The Labute approximate surface area is 167 Å². The van der Waals surface area contributed by atoms with Crippen molar-refractivity contribution in [1.29, 1.82) is 0 Å². The van der Waals surface area contributed by atoms with Crippen molar-refractivity contribution in [3.8, 4) is 0 Å². The highest BCUT2D eigenvalue weighted by molar-refractivity contribution is 5.85. The molecule has 0 aliphatic carbocycles. The van der Waals surface area contributed by atoms with Crippen molar-refractivity contribution in [2.24, 2.45) is 0 Å². The van der Waals surface area contributed by atoms with Gasteiger partial charge in [0.25, 0.3) is 0 Å². The first-order valence-corrected chi connectivity index (χ1v) is 9.00. The largest absolute Gasteiger partial charge is 0.444 e. The van der Waals surface area contributed by atoms with E-state index in [0.29, 0.717) is 11.4 Å². The fourth-order valence-electron chi connectivity index (χ4n) is 2.50. The number of nitrogens with one attached hydrogen (secondary N) is 2. The van der Waals surface area contributed by atoms with Crippen molar-refractivity contribution in [2.75, 3.05) is 17.2 Å². The van der Waals surface area contributed by atoms with Crippen LogP contribution in [0.2, 0.25) is 0 Å². The molecule has 1 atom stereocenters. The number of halogens is 3.